The number of H-pyrrole nitrogens is 1. The number of benzene rings is 1. The van der Waals surface area contributed by atoms with Crippen molar-refractivity contribution in [2.75, 3.05) is 0 Å². The number of aromatic nitrogens is 2. The van der Waals surface area contributed by atoms with E-state index in [1.807, 2.05) is 0 Å². The van der Waals surface area contributed by atoms with E-state index in [1.165, 1.54) is 23.9 Å². The van der Waals surface area contributed by atoms with Crippen LogP contribution >= 0.6 is 11.8 Å². The van der Waals surface area contributed by atoms with Gasteiger partial charge in [-0.05, 0) is 24.8 Å². The Labute approximate surface area is 124 Å². The SMILES string of the molecule is O=c1[nH]c(SCc2ccc([N+](=O)[O-])cc2)nc2c1CCC2. The smallest absolute Gasteiger partial charge is 0.269 e. The molecule has 3 rings (SSSR count). The second-order valence-corrected chi connectivity index (χ2v) is 5.83. The highest BCUT2D eigenvalue weighted by Gasteiger charge is 2.17. The molecule has 0 amide bonds. The molecule has 0 unspecified atom stereocenters. The Kier molecular flexibility index (Phi) is 3.74. The molecular formula is C14H13N3O3S. The van der Waals surface area contributed by atoms with Gasteiger partial charge in [-0.1, -0.05) is 23.9 Å². The molecule has 108 valence electrons. The van der Waals surface area contributed by atoms with Gasteiger partial charge in [0, 0.05) is 23.4 Å². The van der Waals surface area contributed by atoms with Gasteiger partial charge < -0.3 is 4.98 Å². The number of rotatable bonds is 4. The van der Waals surface area contributed by atoms with Crippen LogP contribution in [0.25, 0.3) is 0 Å². The van der Waals surface area contributed by atoms with Gasteiger partial charge in [-0.2, -0.15) is 0 Å². The first-order chi connectivity index (χ1) is 10.1. The second-order valence-electron chi connectivity index (χ2n) is 4.86. The van der Waals surface area contributed by atoms with Gasteiger partial charge in [0.1, 0.15) is 0 Å². The first-order valence-electron chi connectivity index (χ1n) is 6.61. The van der Waals surface area contributed by atoms with Gasteiger partial charge in [-0.25, -0.2) is 4.98 Å². The molecule has 1 N–H and O–H groups in total. The van der Waals surface area contributed by atoms with Crippen LogP contribution in [0.15, 0.2) is 34.2 Å². The van der Waals surface area contributed by atoms with E-state index in [0.29, 0.717) is 10.9 Å². The van der Waals surface area contributed by atoms with Crippen LogP contribution < -0.4 is 5.56 Å². The summed E-state index contributed by atoms with van der Waals surface area (Å²) in [6.45, 7) is 0. The number of fused-ring (bicyclic) bond motifs is 1. The number of aryl methyl sites for hydroxylation is 1. The van der Waals surface area contributed by atoms with Crippen molar-refractivity contribution in [3.8, 4) is 0 Å². The molecule has 21 heavy (non-hydrogen) atoms. The van der Waals surface area contributed by atoms with Crippen molar-refractivity contribution in [1.82, 2.24) is 9.97 Å². The quantitative estimate of drug-likeness (QED) is 0.405. The van der Waals surface area contributed by atoms with Crippen molar-refractivity contribution >= 4 is 17.4 Å². The van der Waals surface area contributed by atoms with E-state index >= 15 is 0 Å². The third kappa shape index (κ3) is 2.97. The van der Waals surface area contributed by atoms with E-state index in [1.54, 1.807) is 12.1 Å². The van der Waals surface area contributed by atoms with Gasteiger partial charge in [0.25, 0.3) is 11.2 Å². The third-order valence-corrected chi connectivity index (χ3v) is 4.39. The molecule has 0 fully saturated rings. The van der Waals surface area contributed by atoms with Crippen molar-refractivity contribution < 1.29 is 4.92 Å². The fourth-order valence-corrected chi connectivity index (χ4v) is 3.19. The maximum Gasteiger partial charge on any atom is 0.269 e. The minimum absolute atomic E-state index is 0.0382. The van der Waals surface area contributed by atoms with Gasteiger partial charge in [0.15, 0.2) is 5.16 Å². The summed E-state index contributed by atoms with van der Waals surface area (Å²) in [5.74, 6) is 0.611. The summed E-state index contributed by atoms with van der Waals surface area (Å²) in [7, 11) is 0. The van der Waals surface area contributed by atoms with E-state index in [0.717, 1.165) is 36.1 Å². The van der Waals surface area contributed by atoms with E-state index in [-0.39, 0.29) is 11.2 Å². The maximum absolute atomic E-state index is 11.9. The van der Waals surface area contributed by atoms with Crippen LogP contribution in [-0.4, -0.2) is 14.9 Å². The normalized spacial score (nSPS) is 13.1. The number of nitro benzene ring substituents is 1. The molecule has 0 atom stereocenters. The summed E-state index contributed by atoms with van der Waals surface area (Å²) in [4.78, 5) is 29.3. The number of aromatic amines is 1. The number of nitrogens with one attached hydrogen (secondary N) is 1. The molecule has 0 spiro atoms. The lowest BCUT2D eigenvalue weighted by atomic mass is 10.2. The first-order valence-corrected chi connectivity index (χ1v) is 7.60. The average molecular weight is 303 g/mol. The van der Waals surface area contributed by atoms with Crippen LogP contribution in [0.5, 0.6) is 0 Å². The Hall–Kier alpha value is -2.15. The molecule has 1 heterocycles. The van der Waals surface area contributed by atoms with Crippen LogP contribution in [0, 0.1) is 10.1 Å². The molecule has 0 radical (unpaired) electrons. The molecule has 0 saturated carbocycles. The Morgan fingerprint density at radius 2 is 2.05 bits per heavy atom. The highest BCUT2D eigenvalue weighted by Crippen LogP contribution is 2.23. The molecule has 1 aromatic heterocycles. The predicted molar refractivity (Wildman–Crippen MR) is 79.5 cm³/mol. The summed E-state index contributed by atoms with van der Waals surface area (Å²) in [6, 6.07) is 6.40. The van der Waals surface area contributed by atoms with Gasteiger partial charge in [0.05, 0.1) is 10.6 Å². The molecular weight excluding hydrogens is 290 g/mol. The number of hydrogen-bond donors (Lipinski definition) is 1. The molecule has 6 nitrogen and oxygen atoms in total. The summed E-state index contributed by atoms with van der Waals surface area (Å²) in [6.07, 6.45) is 2.66. The highest BCUT2D eigenvalue weighted by molar-refractivity contribution is 7.98. The van der Waals surface area contributed by atoms with E-state index in [9.17, 15) is 14.9 Å². The Bertz CT molecular complexity index is 740. The topological polar surface area (TPSA) is 88.9 Å². The van der Waals surface area contributed by atoms with Crippen molar-refractivity contribution in [2.45, 2.75) is 30.2 Å². The Balaban J connectivity index is 1.72. The van der Waals surface area contributed by atoms with Gasteiger partial charge in [0.2, 0.25) is 0 Å². The molecule has 2 aromatic rings. The highest BCUT2D eigenvalue weighted by atomic mass is 32.2. The lowest BCUT2D eigenvalue weighted by Gasteiger charge is -2.04. The molecule has 1 aliphatic carbocycles. The van der Waals surface area contributed by atoms with Gasteiger partial charge >= 0.3 is 0 Å². The number of hydrogen-bond acceptors (Lipinski definition) is 5. The number of non-ortho nitro benzene ring substituents is 1. The number of nitro groups is 1. The zero-order valence-corrected chi connectivity index (χ0v) is 12.0. The minimum atomic E-state index is -0.420. The maximum atomic E-state index is 11.9. The second kappa shape index (κ2) is 5.69. The van der Waals surface area contributed by atoms with E-state index in [4.69, 9.17) is 0 Å². The molecule has 7 heteroatoms. The van der Waals surface area contributed by atoms with Gasteiger partial charge in [-0.15, -0.1) is 0 Å². The van der Waals surface area contributed by atoms with Crippen LogP contribution in [0.2, 0.25) is 0 Å². The van der Waals surface area contributed by atoms with Crippen molar-refractivity contribution in [2.24, 2.45) is 0 Å². The van der Waals surface area contributed by atoms with Gasteiger partial charge in [-0.3, -0.25) is 14.9 Å². The van der Waals surface area contributed by atoms with Crippen molar-refractivity contribution in [1.29, 1.82) is 0 Å². The third-order valence-electron chi connectivity index (χ3n) is 3.44. The van der Waals surface area contributed by atoms with Crippen LogP contribution in [0.3, 0.4) is 0 Å². The minimum Gasteiger partial charge on any atom is -0.301 e. The first kappa shape index (κ1) is 13.8. The molecule has 1 aromatic carbocycles. The summed E-state index contributed by atoms with van der Waals surface area (Å²) < 4.78 is 0. The van der Waals surface area contributed by atoms with Crippen molar-refractivity contribution in [3.05, 3.63) is 61.6 Å². The van der Waals surface area contributed by atoms with E-state index in [2.05, 4.69) is 9.97 Å². The van der Waals surface area contributed by atoms with Crippen LogP contribution in [0.1, 0.15) is 23.2 Å². The lowest BCUT2D eigenvalue weighted by Crippen LogP contribution is -2.14. The molecule has 0 aliphatic heterocycles. The Morgan fingerprint density at radius 3 is 2.76 bits per heavy atom. The average Bonchev–Trinajstić information content (AvgIpc) is 2.94. The molecule has 1 aliphatic rings. The zero-order chi connectivity index (χ0) is 14.8. The number of nitrogens with zero attached hydrogens (tertiary/aromatic N) is 2. The predicted octanol–water partition coefficient (Wildman–Crippen LogP) is 2.46. The fraction of sp³-hybridized carbons (Fsp3) is 0.286. The zero-order valence-electron chi connectivity index (χ0n) is 11.2. The fourth-order valence-electron chi connectivity index (χ4n) is 2.35. The molecule has 0 bridgehead atoms. The standard InChI is InChI=1S/C14H13N3O3S/c18-13-11-2-1-3-12(11)15-14(16-13)21-8-9-4-6-10(7-5-9)17(19)20/h4-7H,1-3,8H2,(H,15,16,18). The summed E-state index contributed by atoms with van der Waals surface area (Å²) in [5.41, 5.74) is 2.71. The Morgan fingerprint density at radius 1 is 1.29 bits per heavy atom. The van der Waals surface area contributed by atoms with Crippen molar-refractivity contribution in [3.63, 3.8) is 0 Å². The van der Waals surface area contributed by atoms with Crippen LogP contribution in [0.4, 0.5) is 5.69 Å². The largest absolute Gasteiger partial charge is 0.301 e. The summed E-state index contributed by atoms with van der Waals surface area (Å²) in [5, 5.41) is 11.2. The lowest BCUT2D eigenvalue weighted by molar-refractivity contribution is -0.384. The van der Waals surface area contributed by atoms with E-state index < -0.39 is 4.92 Å². The molecule has 0 saturated heterocycles. The summed E-state index contributed by atoms with van der Waals surface area (Å²) >= 11 is 1.43. The monoisotopic (exact) mass is 303 g/mol. The number of thioether (sulfide) groups is 1. The van der Waals surface area contributed by atoms with Crippen LogP contribution in [-0.2, 0) is 18.6 Å².